The quantitative estimate of drug-likeness (QED) is 0.903. The molecule has 0 bridgehead atoms. The number of unbranched alkanes of at least 4 members (excludes halogenated alkanes) is 1. The molecule has 2 nitrogen and oxygen atoms in total. The standard InChI is InChI=1S/C14H20BrNO/c1-2-3-4-13(16)9-11-8-12(15)7-10-5-6-17-14(10)11/h7-8,13H,2-6,9,16H2,1H3. The number of benzene rings is 1. The molecular weight excluding hydrogens is 278 g/mol. The summed E-state index contributed by atoms with van der Waals surface area (Å²) in [7, 11) is 0. The van der Waals surface area contributed by atoms with Gasteiger partial charge >= 0.3 is 0 Å². The highest BCUT2D eigenvalue weighted by molar-refractivity contribution is 9.10. The maximum absolute atomic E-state index is 6.17. The highest BCUT2D eigenvalue weighted by Gasteiger charge is 2.18. The molecule has 0 amide bonds. The summed E-state index contributed by atoms with van der Waals surface area (Å²) in [5, 5.41) is 0. The van der Waals surface area contributed by atoms with Gasteiger partial charge in [-0.1, -0.05) is 35.7 Å². The molecule has 2 N–H and O–H groups in total. The Morgan fingerprint density at radius 1 is 1.47 bits per heavy atom. The van der Waals surface area contributed by atoms with Crippen molar-refractivity contribution < 1.29 is 4.74 Å². The molecule has 1 aromatic carbocycles. The predicted molar refractivity (Wildman–Crippen MR) is 74.5 cm³/mol. The van der Waals surface area contributed by atoms with Crippen molar-refractivity contribution in [1.29, 1.82) is 0 Å². The average Bonchev–Trinajstić information content (AvgIpc) is 2.74. The maximum Gasteiger partial charge on any atom is 0.125 e. The minimum Gasteiger partial charge on any atom is -0.493 e. The normalized spacial score (nSPS) is 15.5. The molecule has 2 rings (SSSR count). The highest BCUT2D eigenvalue weighted by Crippen LogP contribution is 2.33. The molecule has 17 heavy (non-hydrogen) atoms. The van der Waals surface area contributed by atoms with Crippen molar-refractivity contribution in [3.8, 4) is 5.75 Å². The molecule has 1 aromatic rings. The first-order valence-electron chi connectivity index (χ1n) is 6.40. The van der Waals surface area contributed by atoms with Crippen LogP contribution in [0.2, 0.25) is 0 Å². The van der Waals surface area contributed by atoms with Gasteiger partial charge in [-0.25, -0.2) is 0 Å². The van der Waals surface area contributed by atoms with Crippen LogP contribution in [0.1, 0.15) is 37.3 Å². The largest absolute Gasteiger partial charge is 0.493 e. The number of ether oxygens (including phenoxy) is 1. The molecule has 0 aromatic heterocycles. The third kappa shape index (κ3) is 3.23. The van der Waals surface area contributed by atoms with Crippen LogP contribution in [0, 0.1) is 0 Å². The van der Waals surface area contributed by atoms with Crippen LogP contribution in [0.3, 0.4) is 0 Å². The van der Waals surface area contributed by atoms with E-state index in [0.29, 0.717) is 0 Å². The van der Waals surface area contributed by atoms with Gasteiger partial charge in [0.25, 0.3) is 0 Å². The zero-order chi connectivity index (χ0) is 12.3. The molecule has 0 spiro atoms. The van der Waals surface area contributed by atoms with E-state index < -0.39 is 0 Å². The van der Waals surface area contributed by atoms with Gasteiger partial charge in [-0.3, -0.25) is 0 Å². The Morgan fingerprint density at radius 2 is 2.29 bits per heavy atom. The summed E-state index contributed by atoms with van der Waals surface area (Å²) < 4.78 is 6.85. The monoisotopic (exact) mass is 297 g/mol. The lowest BCUT2D eigenvalue weighted by atomic mass is 9.99. The van der Waals surface area contributed by atoms with Gasteiger partial charge in [0.1, 0.15) is 5.75 Å². The van der Waals surface area contributed by atoms with Crippen molar-refractivity contribution in [1.82, 2.24) is 0 Å². The van der Waals surface area contributed by atoms with Crippen molar-refractivity contribution in [2.75, 3.05) is 6.61 Å². The Hall–Kier alpha value is -0.540. The smallest absolute Gasteiger partial charge is 0.125 e. The predicted octanol–water partition coefficient (Wildman–Crippen LogP) is 3.44. The van der Waals surface area contributed by atoms with Gasteiger partial charge < -0.3 is 10.5 Å². The average molecular weight is 298 g/mol. The van der Waals surface area contributed by atoms with Crippen molar-refractivity contribution in [3.05, 3.63) is 27.7 Å². The second kappa shape index (κ2) is 5.87. The topological polar surface area (TPSA) is 35.2 Å². The fourth-order valence-corrected chi connectivity index (χ4v) is 2.90. The van der Waals surface area contributed by atoms with Crippen LogP contribution in [-0.2, 0) is 12.8 Å². The summed E-state index contributed by atoms with van der Waals surface area (Å²) in [5.74, 6) is 1.08. The second-order valence-electron chi connectivity index (χ2n) is 4.76. The van der Waals surface area contributed by atoms with E-state index in [2.05, 4.69) is 35.0 Å². The van der Waals surface area contributed by atoms with Crippen molar-refractivity contribution >= 4 is 15.9 Å². The molecule has 0 saturated carbocycles. The van der Waals surface area contributed by atoms with E-state index >= 15 is 0 Å². The molecule has 0 radical (unpaired) electrons. The lowest BCUT2D eigenvalue weighted by Crippen LogP contribution is -2.22. The van der Waals surface area contributed by atoms with Crippen LogP contribution in [0.5, 0.6) is 5.75 Å². The summed E-state index contributed by atoms with van der Waals surface area (Å²) >= 11 is 3.56. The molecule has 1 atom stereocenters. The van der Waals surface area contributed by atoms with Crippen LogP contribution in [0.4, 0.5) is 0 Å². The van der Waals surface area contributed by atoms with Crippen molar-refractivity contribution in [2.24, 2.45) is 5.73 Å². The van der Waals surface area contributed by atoms with Crippen molar-refractivity contribution in [2.45, 2.75) is 45.1 Å². The van der Waals surface area contributed by atoms with Crippen LogP contribution in [0.15, 0.2) is 16.6 Å². The molecule has 94 valence electrons. The molecule has 0 saturated heterocycles. The van der Waals surface area contributed by atoms with E-state index in [1.807, 2.05) is 0 Å². The minimum atomic E-state index is 0.248. The Bertz CT molecular complexity index is 392. The summed E-state index contributed by atoms with van der Waals surface area (Å²) in [6.07, 6.45) is 5.45. The highest BCUT2D eigenvalue weighted by atomic mass is 79.9. The lowest BCUT2D eigenvalue weighted by molar-refractivity contribution is 0.352. The Labute approximate surface area is 112 Å². The lowest BCUT2D eigenvalue weighted by Gasteiger charge is -2.14. The fraction of sp³-hybridized carbons (Fsp3) is 0.571. The fourth-order valence-electron chi connectivity index (χ4n) is 2.35. The van der Waals surface area contributed by atoms with E-state index in [9.17, 15) is 0 Å². The van der Waals surface area contributed by atoms with Gasteiger partial charge in [-0.2, -0.15) is 0 Å². The molecule has 1 heterocycles. The summed E-state index contributed by atoms with van der Waals surface area (Å²) in [4.78, 5) is 0. The van der Waals surface area contributed by atoms with E-state index in [1.165, 1.54) is 24.0 Å². The van der Waals surface area contributed by atoms with Gasteiger partial charge in [0.05, 0.1) is 6.61 Å². The first-order chi connectivity index (χ1) is 8.20. The molecule has 1 aliphatic heterocycles. The number of hydrogen-bond donors (Lipinski definition) is 1. The van der Waals surface area contributed by atoms with Gasteiger partial charge in [-0.05, 0) is 36.1 Å². The summed E-state index contributed by atoms with van der Waals surface area (Å²) in [6.45, 7) is 3.01. The Balaban J connectivity index is 2.10. The first kappa shape index (κ1) is 12.9. The maximum atomic E-state index is 6.17. The van der Waals surface area contributed by atoms with Gasteiger partial charge in [0.15, 0.2) is 0 Å². The Morgan fingerprint density at radius 3 is 3.06 bits per heavy atom. The van der Waals surface area contributed by atoms with Gasteiger partial charge in [-0.15, -0.1) is 0 Å². The van der Waals surface area contributed by atoms with Crippen LogP contribution < -0.4 is 10.5 Å². The zero-order valence-corrected chi connectivity index (χ0v) is 11.9. The molecular formula is C14H20BrNO. The molecule has 1 unspecified atom stereocenters. The SMILES string of the molecule is CCCCC(N)Cc1cc(Br)cc2c1OCC2. The third-order valence-corrected chi connectivity index (χ3v) is 3.69. The van der Waals surface area contributed by atoms with Crippen LogP contribution in [0.25, 0.3) is 0 Å². The van der Waals surface area contributed by atoms with E-state index in [0.717, 1.165) is 36.1 Å². The van der Waals surface area contributed by atoms with E-state index in [-0.39, 0.29) is 6.04 Å². The first-order valence-corrected chi connectivity index (χ1v) is 7.19. The number of nitrogens with two attached hydrogens (primary N) is 1. The third-order valence-electron chi connectivity index (χ3n) is 3.24. The summed E-state index contributed by atoms with van der Waals surface area (Å²) in [6, 6.07) is 4.55. The van der Waals surface area contributed by atoms with E-state index in [4.69, 9.17) is 10.5 Å². The summed E-state index contributed by atoms with van der Waals surface area (Å²) in [5.41, 5.74) is 8.74. The Kier molecular flexibility index (Phi) is 4.46. The number of hydrogen-bond acceptors (Lipinski definition) is 2. The van der Waals surface area contributed by atoms with Crippen LogP contribution >= 0.6 is 15.9 Å². The molecule has 0 fully saturated rings. The number of rotatable bonds is 5. The molecule has 1 aliphatic rings. The van der Waals surface area contributed by atoms with E-state index in [1.54, 1.807) is 0 Å². The molecule has 0 aliphatic carbocycles. The second-order valence-corrected chi connectivity index (χ2v) is 5.67. The molecule has 3 heteroatoms. The number of halogens is 1. The van der Waals surface area contributed by atoms with Crippen LogP contribution in [-0.4, -0.2) is 12.6 Å². The van der Waals surface area contributed by atoms with Gasteiger partial charge in [0, 0.05) is 16.9 Å². The zero-order valence-electron chi connectivity index (χ0n) is 10.3. The van der Waals surface area contributed by atoms with Crippen molar-refractivity contribution in [3.63, 3.8) is 0 Å². The minimum absolute atomic E-state index is 0.248. The van der Waals surface area contributed by atoms with Gasteiger partial charge in [0.2, 0.25) is 0 Å². The number of fused-ring (bicyclic) bond motifs is 1.